The van der Waals surface area contributed by atoms with Gasteiger partial charge in [-0.05, 0) is 37.0 Å². The molecule has 0 radical (unpaired) electrons. The van der Waals surface area contributed by atoms with Crippen LogP contribution in [0.3, 0.4) is 0 Å². The van der Waals surface area contributed by atoms with E-state index in [-0.39, 0.29) is 39.7 Å². The molecule has 12 heteroatoms. The van der Waals surface area contributed by atoms with Gasteiger partial charge in [-0.3, -0.25) is 9.29 Å². The van der Waals surface area contributed by atoms with E-state index < -0.39 is 23.0 Å². The molecule has 0 spiro atoms. The highest BCUT2D eigenvalue weighted by Gasteiger charge is 2.38. The minimum Gasteiger partial charge on any atom is -0.505 e. The van der Waals surface area contributed by atoms with Gasteiger partial charge in [-0.1, -0.05) is 20.8 Å². The van der Waals surface area contributed by atoms with Crippen molar-refractivity contribution < 1.29 is 28.1 Å². The predicted molar refractivity (Wildman–Crippen MR) is 124 cm³/mol. The molecule has 1 unspecified atom stereocenters. The Kier molecular flexibility index (Phi) is 5.15. The van der Waals surface area contributed by atoms with Crippen molar-refractivity contribution in [1.82, 2.24) is 4.57 Å². The molecule has 0 bridgehead atoms. The molecular weight excluding hydrogens is 455 g/mol. The monoisotopic (exact) mass is 482 g/mol. The summed E-state index contributed by atoms with van der Waals surface area (Å²) in [5.41, 5.74) is 0.335. The highest BCUT2D eigenvalue weighted by Crippen LogP contribution is 2.50. The Hall–Kier alpha value is -2.49. The Bertz CT molecular complexity index is 1290. The van der Waals surface area contributed by atoms with Gasteiger partial charge in [0.15, 0.2) is 11.6 Å². The predicted octanol–water partition coefficient (Wildman–Crippen LogP) is 2.66. The van der Waals surface area contributed by atoms with Crippen LogP contribution < -0.4 is 15.3 Å². The summed E-state index contributed by atoms with van der Waals surface area (Å²) in [6.07, 6.45) is 3.06. The smallest absolute Gasteiger partial charge is 0.346 e. The maximum absolute atomic E-state index is 13.0. The first-order valence-corrected chi connectivity index (χ1v) is 13.7. The number of benzene rings is 1. The zero-order valence-electron chi connectivity index (χ0n) is 18.2. The summed E-state index contributed by atoms with van der Waals surface area (Å²) in [5.74, 6) is -0.124. The van der Waals surface area contributed by atoms with Crippen molar-refractivity contribution in [3.63, 3.8) is 0 Å². The van der Waals surface area contributed by atoms with Gasteiger partial charge in [-0.25, -0.2) is 8.42 Å². The second-order valence-electron chi connectivity index (χ2n) is 9.42. The number of aromatic hydroxyl groups is 2. The summed E-state index contributed by atoms with van der Waals surface area (Å²) in [7, 11) is -7.91. The van der Waals surface area contributed by atoms with Gasteiger partial charge in [0.05, 0.1) is 22.9 Å². The van der Waals surface area contributed by atoms with Gasteiger partial charge >= 0.3 is 7.52 Å². The molecule has 5 N–H and O–H groups in total. The fourth-order valence-corrected chi connectivity index (χ4v) is 5.75. The Labute approximate surface area is 186 Å². The number of amidine groups is 1. The van der Waals surface area contributed by atoms with Crippen molar-refractivity contribution in [2.75, 3.05) is 16.3 Å². The number of aromatic nitrogens is 1. The third-order valence-corrected chi connectivity index (χ3v) is 7.47. The van der Waals surface area contributed by atoms with Crippen LogP contribution in [0.5, 0.6) is 11.6 Å². The molecule has 1 aliphatic carbocycles. The standard InChI is InChI=1S/C20H27N4O6PS/c1-20(2,3)17-16(25)15(19(26)24(17)10-11-5-6-11)18-21-13-8-7-12(23-32(4,29)30)9-14(13)31(27,28)22-18/h7-9,11,23,25-26H,5-6,10H2,1-4H3,(H2,21,22,27,28). The van der Waals surface area contributed by atoms with E-state index in [2.05, 4.69) is 14.8 Å². The fourth-order valence-electron chi connectivity index (χ4n) is 3.92. The molecule has 2 aliphatic rings. The molecule has 1 saturated carbocycles. The van der Waals surface area contributed by atoms with Gasteiger partial charge in [-0.2, -0.15) is 4.76 Å². The normalized spacial score (nSPS) is 21.0. The lowest BCUT2D eigenvalue weighted by atomic mass is 9.91. The maximum Gasteiger partial charge on any atom is 0.346 e. The minimum atomic E-state index is -4.33. The minimum absolute atomic E-state index is 0.0335. The van der Waals surface area contributed by atoms with Crippen molar-refractivity contribution in [3.05, 3.63) is 29.5 Å². The van der Waals surface area contributed by atoms with E-state index >= 15 is 0 Å². The van der Waals surface area contributed by atoms with Crippen LogP contribution in [-0.2, 0) is 26.5 Å². The summed E-state index contributed by atoms with van der Waals surface area (Å²) >= 11 is 0. The summed E-state index contributed by atoms with van der Waals surface area (Å²) in [6, 6.07) is 4.12. The van der Waals surface area contributed by atoms with Crippen LogP contribution in [0.15, 0.2) is 23.0 Å². The summed E-state index contributed by atoms with van der Waals surface area (Å²) in [4.78, 5) is 10.6. The van der Waals surface area contributed by atoms with Gasteiger partial charge in [-0.15, -0.1) is 0 Å². The number of anilines is 2. The molecule has 1 aliphatic heterocycles. The lowest BCUT2D eigenvalue weighted by molar-refractivity contribution is 0.384. The van der Waals surface area contributed by atoms with Gasteiger partial charge in [0.25, 0.3) is 0 Å². The number of hydrogen-bond donors (Lipinski definition) is 5. The van der Waals surface area contributed by atoms with Gasteiger partial charge in [0.2, 0.25) is 15.9 Å². The number of sulfonamides is 1. The van der Waals surface area contributed by atoms with Gasteiger partial charge in [0.1, 0.15) is 5.56 Å². The SMILES string of the molecule is CC(C)(C)c1c(O)c(C2=NP(=O)(O)c3cc(NS(C)(=O)=O)ccc3N2)c(O)n1CC1CC1. The van der Waals surface area contributed by atoms with E-state index in [1.54, 1.807) is 4.57 Å². The Morgan fingerprint density at radius 3 is 2.50 bits per heavy atom. The molecular formula is C20H27N4O6PS. The molecule has 4 rings (SSSR count). The largest absolute Gasteiger partial charge is 0.505 e. The molecule has 1 atom stereocenters. The second-order valence-corrected chi connectivity index (χ2v) is 12.9. The fraction of sp³-hybridized carbons (Fsp3) is 0.450. The molecule has 2 heterocycles. The lowest BCUT2D eigenvalue weighted by Gasteiger charge is -2.23. The van der Waals surface area contributed by atoms with E-state index in [9.17, 15) is 28.1 Å². The maximum atomic E-state index is 13.0. The molecule has 0 saturated heterocycles. The molecule has 2 aromatic rings. The average Bonchev–Trinajstić information content (AvgIpc) is 3.38. The third kappa shape index (κ3) is 4.24. The molecule has 1 aromatic heterocycles. The first-order chi connectivity index (χ1) is 14.7. The lowest BCUT2D eigenvalue weighted by Crippen LogP contribution is -2.25. The van der Waals surface area contributed by atoms with E-state index in [1.165, 1.54) is 18.2 Å². The Morgan fingerprint density at radius 1 is 1.28 bits per heavy atom. The van der Waals surface area contributed by atoms with E-state index in [4.69, 9.17) is 0 Å². The molecule has 0 amide bonds. The van der Waals surface area contributed by atoms with Crippen molar-refractivity contribution >= 4 is 40.1 Å². The van der Waals surface area contributed by atoms with Gasteiger partial charge in [0, 0.05) is 17.6 Å². The highest BCUT2D eigenvalue weighted by molar-refractivity contribution is 7.92. The zero-order chi connectivity index (χ0) is 23.6. The van der Waals surface area contributed by atoms with Crippen LogP contribution in [0.1, 0.15) is 44.9 Å². The van der Waals surface area contributed by atoms with Crippen molar-refractivity contribution in [2.24, 2.45) is 10.7 Å². The van der Waals surface area contributed by atoms with Crippen LogP contribution in [0, 0.1) is 5.92 Å². The molecule has 32 heavy (non-hydrogen) atoms. The van der Waals surface area contributed by atoms with Crippen molar-refractivity contribution in [1.29, 1.82) is 0 Å². The molecule has 1 fully saturated rings. The van der Waals surface area contributed by atoms with Crippen LogP contribution in [0.4, 0.5) is 11.4 Å². The number of rotatable bonds is 5. The first-order valence-electron chi connectivity index (χ1n) is 10.1. The van der Waals surface area contributed by atoms with Crippen LogP contribution in [-0.4, -0.2) is 40.2 Å². The molecule has 174 valence electrons. The highest BCUT2D eigenvalue weighted by atomic mass is 32.2. The quantitative estimate of drug-likeness (QED) is 0.411. The van der Waals surface area contributed by atoms with E-state index in [0.717, 1.165) is 19.1 Å². The van der Waals surface area contributed by atoms with Crippen LogP contribution in [0.25, 0.3) is 0 Å². The summed E-state index contributed by atoms with van der Waals surface area (Å²) in [5, 5.41) is 24.9. The third-order valence-electron chi connectivity index (χ3n) is 5.40. The number of fused-ring (bicyclic) bond motifs is 1. The first kappa shape index (κ1) is 22.7. The van der Waals surface area contributed by atoms with Crippen LogP contribution >= 0.6 is 7.52 Å². The number of hydrogen-bond acceptors (Lipinski definition) is 6. The Balaban J connectivity index is 1.81. The molecule has 1 aromatic carbocycles. The van der Waals surface area contributed by atoms with Gasteiger partial charge < -0.3 is 25.0 Å². The van der Waals surface area contributed by atoms with Crippen molar-refractivity contribution in [2.45, 2.75) is 45.6 Å². The summed E-state index contributed by atoms with van der Waals surface area (Å²) in [6.45, 7) is 6.27. The van der Waals surface area contributed by atoms with Crippen LogP contribution in [0.2, 0.25) is 0 Å². The molecule has 10 nitrogen and oxygen atoms in total. The van der Waals surface area contributed by atoms with E-state index in [0.29, 0.717) is 18.2 Å². The topological polar surface area (TPSA) is 153 Å². The summed E-state index contributed by atoms with van der Waals surface area (Å²) < 4.78 is 43.9. The zero-order valence-corrected chi connectivity index (χ0v) is 20.0. The average molecular weight is 482 g/mol. The van der Waals surface area contributed by atoms with E-state index in [1.807, 2.05) is 20.8 Å². The van der Waals surface area contributed by atoms with Crippen molar-refractivity contribution in [3.8, 4) is 11.6 Å². The number of nitrogens with one attached hydrogen (secondary N) is 2. The number of nitrogens with zero attached hydrogens (tertiary/aromatic N) is 2. The second kappa shape index (κ2) is 7.26. The Morgan fingerprint density at radius 2 is 1.94 bits per heavy atom.